The van der Waals surface area contributed by atoms with Gasteiger partial charge in [-0.05, 0) is 12.8 Å². The predicted molar refractivity (Wildman–Crippen MR) is 56.7 cm³/mol. The molecule has 4 unspecified atom stereocenters. The SMILES string of the molecule is CCC1([NH+]([O-])O)CCCCC1(CC)[NH+]([O-])O. The van der Waals surface area contributed by atoms with Crippen LogP contribution in [-0.2, 0) is 0 Å². The molecule has 0 radical (unpaired) electrons. The van der Waals surface area contributed by atoms with Crippen molar-refractivity contribution >= 4 is 0 Å². The van der Waals surface area contributed by atoms with Gasteiger partial charge < -0.3 is 10.4 Å². The van der Waals surface area contributed by atoms with E-state index in [9.17, 15) is 20.8 Å². The van der Waals surface area contributed by atoms with Crippen LogP contribution in [0.25, 0.3) is 0 Å². The maximum Gasteiger partial charge on any atom is 0.184 e. The minimum atomic E-state index is -1.08. The highest BCUT2D eigenvalue weighted by atomic mass is 16.8. The molecule has 1 saturated carbocycles. The fourth-order valence-corrected chi connectivity index (χ4v) is 3.29. The number of hydrogen-bond acceptors (Lipinski definition) is 4. The molecule has 0 heterocycles. The van der Waals surface area contributed by atoms with Gasteiger partial charge >= 0.3 is 0 Å². The summed E-state index contributed by atoms with van der Waals surface area (Å²) < 4.78 is 0. The van der Waals surface area contributed by atoms with Gasteiger partial charge in [0.2, 0.25) is 0 Å². The molecule has 96 valence electrons. The summed E-state index contributed by atoms with van der Waals surface area (Å²) in [6.07, 6.45) is 3.38. The fraction of sp³-hybridized carbons (Fsp3) is 1.00. The summed E-state index contributed by atoms with van der Waals surface area (Å²) >= 11 is 0. The molecule has 16 heavy (non-hydrogen) atoms. The summed E-state index contributed by atoms with van der Waals surface area (Å²) in [4.78, 5) is 0. The third kappa shape index (κ3) is 1.75. The molecule has 1 aliphatic carbocycles. The number of hydrogen-bond donors (Lipinski definition) is 4. The van der Waals surface area contributed by atoms with Crippen LogP contribution in [0.5, 0.6) is 0 Å². The van der Waals surface area contributed by atoms with E-state index in [0.717, 1.165) is 12.8 Å². The highest BCUT2D eigenvalue weighted by molar-refractivity contribution is 5.00. The lowest BCUT2D eigenvalue weighted by Gasteiger charge is -2.54. The largest absolute Gasteiger partial charge is 0.599 e. The van der Waals surface area contributed by atoms with Gasteiger partial charge in [0.25, 0.3) is 0 Å². The number of quaternary nitrogens is 2. The molecule has 0 amide bonds. The van der Waals surface area contributed by atoms with Crippen molar-refractivity contribution in [3.05, 3.63) is 10.4 Å². The zero-order chi connectivity index (χ0) is 12.4. The lowest BCUT2D eigenvalue weighted by atomic mass is 9.64. The Morgan fingerprint density at radius 1 is 0.938 bits per heavy atom. The van der Waals surface area contributed by atoms with Crippen LogP contribution in [0.1, 0.15) is 52.4 Å². The van der Waals surface area contributed by atoms with Crippen LogP contribution in [0.4, 0.5) is 0 Å². The second-order valence-electron chi connectivity index (χ2n) is 4.69. The Bertz CT molecular complexity index is 213. The van der Waals surface area contributed by atoms with E-state index in [4.69, 9.17) is 0 Å². The second-order valence-corrected chi connectivity index (χ2v) is 4.69. The maximum atomic E-state index is 11.5. The molecule has 0 aromatic heterocycles. The van der Waals surface area contributed by atoms with Crippen molar-refractivity contribution in [3.63, 3.8) is 0 Å². The van der Waals surface area contributed by atoms with Gasteiger partial charge in [0.05, 0.1) is 0 Å². The first-order valence-electron chi connectivity index (χ1n) is 5.93. The van der Waals surface area contributed by atoms with Gasteiger partial charge in [0.15, 0.2) is 11.1 Å². The van der Waals surface area contributed by atoms with E-state index in [1.165, 1.54) is 0 Å². The van der Waals surface area contributed by atoms with E-state index in [2.05, 4.69) is 0 Å². The minimum Gasteiger partial charge on any atom is -0.599 e. The molecule has 1 aliphatic rings. The third-order valence-electron chi connectivity index (χ3n) is 4.40. The Morgan fingerprint density at radius 3 is 1.44 bits per heavy atom. The molecule has 4 atom stereocenters. The first-order chi connectivity index (χ1) is 7.47. The molecule has 0 bridgehead atoms. The summed E-state index contributed by atoms with van der Waals surface area (Å²) in [6.45, 7) is 3.57. The summed E-state index contributed by atoms with van der Waals surface area (Å²) in [7, 11) is 0. The summed E-state index contributed by atoms with van der Waals surface area (Å²) in [6, 6.07) is 0. The van der Waals surface area contributed by atoms with Gasteiger partial charge in [-0.1, -0.05) is 13.8 Å². The molecule has 6 nitrogen and oxygen atoms in total. The molecule has 1 fully saturated rings. The quantitative estimate of drug-likeness (QED) is 0.489. The molecule has 1 rings (SSSR count). The molecule has 0 aromatic carbocycles. The first kappa shape index (κ1) is 13.8. The average molecular weight is 234 g/mol. The van der Waals surface area contributed by atoms with E-state index in [-0.39, 0.29) is 0 Å². The van der Waals surface area contributed by atoms with Crippen molar-refractivity contribution in [2.24, 2.45) is 0 Å². The molecule has 0 aliphatic heterocycles. The van der Waals surface area contributed by atoms with Crippen molar-refractivity contribution in [2.45, 2.75) is 63.5 Å². The van der Waals surface area contributed by atoms with E-state index >= 15 is 0 Å². The summed E-state index contributed by atoms with van der Waals surface area (Å²) in [5.41, 5.74) is -2.16. The van der Waals surface area contributed by atoms with Crippen LogP contribution < -0.4 is 10.5 Å². The lowest BCUT2D eigenvalue weighted by Crippen LogP contribution is -3.28. The zero-order valence-corrected chi connectivity index (χ0v) is 9.95. The van der Waals surface area contributed by atoms with E-state index in [0.29, 0.717) is 25.7 Å². The van der Waals surface area contributed by atoms with Gasteiger partial charge in [0, 0.05) is 25.7 Å². The van der Waals surface area contributed by atoms with E-state index in [1.54, 1.807) is 13.8 Å². The van der Waals surface area contributed by atoms with Crippen LogP contribution in [-0.4, -0.2) is 21.5 Å². The van der Waals surface area contributed by atoms with Gasteiger partial charge in [-0.15, -0.1) is 0 Å². The highest BCUT2D eigenvalue weighted by Crippen LogP contribution is 2.37. The van der Waals surface area contributed by atoms with Gasteiger partial charge in [0.1, 0.15) is 0 Å². The maximum absolute atomic E-state index is 11.5. The van der Waals surface area contributed by atoms with Crippen LogP contribution in [0.2, 0.25) is 0 Å². The van der Waals surface area contributed by atoms with Crippen molar-refractivity contribution in [1.29, 1.82) is 0 Å². The first-order valence-corrected chi connectivity index (χ1v) is 5.93. The number of hydroxylamine groups is 4. The smallest absolute Gasteiger partial charge is 0.184 e. The lowest BCUT2D eigenvalue weighted by molar-refractivity contribution is -1.16. The minimum absolute atomic E-state index is 0.391. The molecular weight excluding hydrogens is 212 g/mol. The van der Waals surface area contributed by atoms with Gasteiger partial charge in [-0.25, -0.2) is 20.9 Å². The second kappa shape index (κ2) is 4.95. The summed E-state index contributed by atoms with van der Waals surface area (Å²) in [5, 5.41) is 40.0. The van der Waals surface area contributed by atoms with Gasteiger partial charge in [-0.3, -0.25) is 0 Å². The highest BCUT2D eigenvalue weighted by Gasteiger charge is 2.61. The molecule has 0 saturated heterocycles. The Hall–Kier alpha value is -0.240. The van der Waals surface area contributed by atoms with Crippen LogP contribution >= 0.6 is 0 Å². The normalized spacial score (nSPS) is 39.4. The van der Waals surface area contributed by atoms with Crippen LogP contribution in [0, 0.1) is 10.4 Å². The number of nitrogens with one attached hydrogen (secondary N) is 2. The molecular formula is C10H22N2O4. The third-order valence-corrected chi connectivity index (χ3v) is 4.40. The standard InChI is InChI=1S/C10H22N2O4/c1-3-9(11(13)14)7-5-6-8-10(9,4-2)12(15)16/h11-13,15H,3-8H2,1-2H3. The van der Waals surface area contributed by atoms with Crippen molar-refractivity contribution in [2.75, 3.05) is 0 Å². The Labute approximate surface area is 95.5 Å². The molecule has 0 spiro atoms. The van der Waals surface area contributed by atoms with Crippen LogP contribution in [0.3, 0.4) is 0 Å². The molecule has 4 N–H and O–H groups in total. The fourth-order valence-electron chi connectivity index (χ4n) is 3.29. The van der Waals surface area contributed by atoms with Crippen molar-refractivity contribution in [3.8, 4) is 0 Å². The molecule has 0 aromatic rings. The van der Waals surface area contributed by atoms with Crippen molar-refractivity contribution < 1.29 is 20.9 Å². The zero-order valence-electron chi connectivity index (χ0n) is 9.95. The monoisotopic (exact) mass is 234 g/mol. The molecule has 6 heteroatoms. The Balaban J connectivity index is 3.18. The van der Waals surface area contributed by atoms with E-state index < -0.39 is 21.5 Å². The Morgan fingerprint density at radius 2 is 1.25 bits per heavy atom. The summed E-state index contributed by atoms with van der Waals surface area (Å²) in [5.74, 6) is 0. The van der Waals surface area contributed by atoms with Crippen LogP contribution in [0.15, 0.2) is 0 Å². The Kier molecular flexibility index (Phi) is 4.28. The predicted octanol–water partition coefficient (Wildman–Crippen LogP) is -0.598. The van der Waals surface area contributed by atoms with E-state index in [1.807, 2.05) is 0 Å². The number of rotatable bonds is 4. The topological polar surface area (TPSA) is 95.5 Å². The average Bonchev–Trinajstić information content (AvgIpc) is 2.27. The van der Waals surface area contributed by atoms with Crippen molar-refractivity contribution in [1.82, 2.24) is 0 Å². The van der Waals surface area contributed by atoms with Gasteiger partial charge in [-0.2, -0.15) is 0 Å².